The maximum absolute atomic E-state index is 14.1. The van der Waals surface area contributed by atoms with Gasteiger partial charge >= 0.3 is 0 Å². The van der Waals surface area contributed by atoms with Gasteiger partial charge in [-0.1, -0.05) is 66.2 Å². The standard InChI is InChI=1S/C33H30ClN3O3S/c1-4-40-27-17-15-26(16-18-27)37-21(2)30(32(38)35-28-20-25(34)14-19-29(28)39-3)31(36-33(37)41)24-12-10-23(11-13-24)22-8-6-5-7-9-22/h5-20,31H,4H2,1-3H3,(H,35,38)(H,36,41). The molecule has 1 atom stereocenters. The third-order valence-corrected chi connectivity index (χ3v) is 7.43. The van der Waals surface area contributed by atoms with Crippen LogP contribution in [-0.2, 0) is 4.79 Å². The maximum atomic E-state index is 14.1. The van der Waals surface area contributed by atoms with Crippen LogP contribution in [0.25, 0.3) is 11.1 Å². The topological polar surface area (TPSA) is 62.8 Å². The molecule has 4 aromatic carbocycles. The molecule has 0 radical (unpaired) electrons. The van der Waals surface area contributed by atoms with Gasteiger partial charge in [-0.05, 0) is 85.2 Å². The van der Waals surface area contributed by atoms with E-state index in [2.05, 4.69) is 34.9 Å². The minimum absolute atomic E-state index is 0.300. The van der Waals surface area contributed by atoms with Crippen molar-refractivity contribution in [1.82, 2.24) is 5.32 Å². The van der Waals surface area contributed by atoms with Gasteiger partial charge in [0, 0.05) is 16.4 Å². The molecule has 2 N–H and O–H groups in total. The molecule has 1 aliphatic heterocycles. The molecule has 0 fully saturated rings. The molecule has 1 aliphatic rings. The number of benzene rings is 4. The third kappa shape index (κ3) is 6.06. The average Bonchev–Trinajstić information content (AvgIpc) is 2.98. The molecule has 0 bridgehead atoms. The van der Waals surface area contributed by atoms with E-state index < -0.39 is 6.04 Å². The first kappa shape index (κ1) is 28.2. The van der Waals surface area contributed by atoms with Gasteiger partial charge in [-0.15, -0.1) is 0 Å². The first-order valence-corrected chi connectivity index (χ1v) is 14.0. The van der Waals surface area contributed by atoms with E-state index >= 15 is 0 Å². The first-order valence-electron chi connectivity index (χ1n) is 13.2. The Labute approximate surface area is 250 Å². The van der Waals surface area contributed by atoms with Crippen LogP contribution in [0.4, 0.5) is 11.4 Å². The molecule has 5 rings (SSSR count). The van der Waals surface area contributed by atoms with Gasteiger partial charge in [0.25, 0.3) is 5.91 Å². The summed E-state index contributed by atoms with van der Waals surface area (Å²) >= 11 is 12.1. The third-order valence-electron chi connectivity index (χ3n) is 6.90. The van der Waals surface area contributed by atoms with Crippen LogP contribution >= 0.6 is 23.8 Å². The summed E-state index contributed by atoms with van der Waals surface area (Å²) in [5.41, 5.74) is 5.61. The van der Waals surface area contributed by atoms with Crippen molar-refractivity contribution in [1.29, 1.82) is 0 Å². The highest BCUT2D eigenvalue weighted by molar-refractivity contribution is 7.80. The molecular weight excluding hydrogens is 554 g/mol. The van der Waals surface area contributed by atoms with E-state index in [1.807, 2.05) is 73.3 Å². The van der Waals surface area contributed by atoms with Crippen molar-refractivity contribution in [2.45, 2.75) is 19.9 Å². The summed E-state index contributed by atoms with van der Waals surface area (Å²) in [5, 5.41) is 7.41. The van der Waals surface area contributed by atoms with Gasteiger partial charge in [0.2, 0.25) is 0 Å². The molecule has 4 aromatic rings. The number of hydrogen-bond donors (Lipinski definition) is 2. The Morgan fingerprint density at radius 3 is 2.32 bits per heavy atom. The highest BCUT2D eigenvalue weighted by Crippen LogP contribution is 2.37. The molecule has 208 valence electrons. The number of anilines is 2. The number of allylic oxidation sites excluding steroid dienone is 1. The van der Waals surface area contributed by atoms with Crippen molar-refractivity contribution in [3.05, 3.63) is 119 Å². The smallest absolute Gasteiger partial charge is 0.255 e. The summed E-state index contributed by atoms with van der Waals surface area (Å²) < 4.78 is 11.1. The highest BCUT2D eigenvalue weighted by Gasteiger charge is 2.35. The lowest BCUT2D eigenvalue weighted by Crippen LogP contribution is -2.48. The zero-order valence-electron chi connectivity index (χ0n) is 23.0. The summed E-state index contributed by atoms with van der Waals surface area (Å²) in [6.45, 7) is 4.42. The SMILES string of the molecule is CCOc1ccc(N2C(=S)NC(c3ccc(-c4ccccc4)cc3)C(C(=O)Nc3cc(Cl)ccc3OC)=C2C)cc1. The highest BCUT2D eigenvalue weighted by atomic mass is 35.5. The summed E-state index contributed by atoms with van der Waals surface area (Å²) in [6.07, 6.45) is 0. The van der Waals surface area contributed by atoms with E-state index in [9.17, 15) is 4.79 Å². The van der Waals surface area contributed by atoms with Crippen LogP contribution in [0.1, 0.15) is 25.5 Å². The Kier molecular flexibility index (Phi) is 8.57. The van der Waals surface area contributed by atoms with Crippen LogP contribution in [0.5, 0.6) is 11.5 Å². The average molecular weight is 584 g/mol. The second kappa shape index (κ2) is 12.5. The van der Waals surface area contributed by atoms with E-state index in [1.54, 1.807) is 25.3 Å². The van der Waals surface area contributed by atoms with Gasteiger partial charge in [-0.25, -0.2) is 0 Å². The summed E-state index contributed by atoms with van der Waals surface area (Å²) in [7, 11) is 1.55. The quantitative estimate of drug-likeness (QED) is 0.207. The van der Waals surface area contributed by atoms with E-state index in [0.29, 0.717) is 39.4 Å². The maximum Gasteiger partial charge on any atom is 0.255 e. The predicted octanol–water partition coefficient (Wildman–Crippen LogP) is 7.76. The fraction of sp³-hybridized carbons (Fsp3) is 0.152. The fourth-order valence-corrected chi connectivity index (χ4v) is 5.45. The summed E-state index contributed by atoms with van der Waals surface area (Å²) in [6, 6.07) is 30.6. The monoisotopic (exact) mass is 583 g/mol. The second-order valence-corrected chi connectivity index (χ2v) is 10.3. The Morgan fingerprint density at radius 1 is 0.976 bits per heavy atom. The fourth-order valence-electron chi connectivity index (χ4n) is 4.92. The van der Waals surface area contributed by atoms with Crippen LogP contribution < -0.4 is 25.0 Å². The molecule has 1 unspecified atom stereocenters. The van der Waals surface area contributed by atoms with Crippen LogP contribution in [0, 0.1) is 0 Å². The minimum atomic E-state index is -0.489. The number of halogens is 1. The lowest BCUT2D eigenvalue weighted by Gasteiger charge is -2.38. The van der Waals surface area contributed by atoms with Gasteiger partial charge in [-0.2, -0.15) is 0 Å². The molecule has 1 amide bonds. The van der Waals surface area contributed by atoms with Crippen LogP contribution in [0.3, 0.4) is 0 Å². The van der Waals surface area contributed by atoms with Gasteiger partial charge in [0.15, 0.2) is 5.11 Å². The molecule has 1 heterocycles. The number of thiocarbonyl (C=S) groups is 1. The number of methoxy groups -OCH3 is 1. The van der Waals surface area contributed by atoms with Crippen LogP contribution in [-0.4, -0.2) is 24.7 Å². The lowest BCUT2D eigenvalue weighted by atomic mass is 9.92. The predicted molar refractivity (Wildman–Crippen MR) is 170 cm³/mol. The molecule has 0 spiro atoms. The van der Waals surface area contributed by atoms with Crippen molar-refractivity contribution >= 4 is 46.2 Å². The van der Waals surface area contributed by atoms with E-state index in [1.165, 1.54) is 0 Å². The van der Waals surface area contributed by atoms with E-state index in [4.69, 9.17) is 33.3 Å². The Balaban J connectivity index is 1.56. The van der Waals surface area contributed by atoms with Gasteiger partial charge < -0.3 is 20.1 Å². The number of nitrogens with zero attached hydrogens (tertiary/aromatic N) is 1. The minimum Gasteiger partial charge on any atom is -0.495 e. The van der Waals surface area contributed by atoms with Crippen molar-refractivity contribution in [3.63, 3.8) is 0 Å². The van der Waals surface area contributed by atoms with Crippen molar-refractivity contribution in [2.24, 2.45) is 0 Å². The summed E-state index contributed by atoms with van der Waals surface area (Å²) in [4.78, 5) is 15.9. The van der Waals surface area contributed by atoms with Gasteiger partial charge in [0.1, 0.15) is 11.5 Å². The molecule has 41 heavy (non-hydrogen) atoms. The van der Waals surface area contributed by atoms with E-state index in [-0.39, 0.29) is 5.91 Å². The molecule has 8 heteroatoms. The van der Waals surface area contributed by atoms with Crippen molar-refractivity contribution in [3.8, 4) is 22.6 Å². The molecule has 0 aromatic heterocycles. The number of ether oxygens (including phenoxy) is 2. The van der Waals surface area contributed by atoms with Crippen molar-refractivity contribution < 1.29 is 14.3 Å². The molecule has 0 aliphatic carbocycles. The first-order chi connectivity index (χ1) is 19.9. The second-order valence-electron chi connectivity index (χ2n) is 9.43. The molecule has 0 saturated carbocycles. The van der Waals surface area contributed by atoms with Crippen LogP contribution in [0.2, 0.25) is 5.02 Å². The Morgan fingerprint density at radius 2 is 1.66 bits per heavy atom. The van der Waals surface area contributed by atoms with Gasteiger partial charge in [-0.3, -0.25) is 9.69 Å². The molecule has 6 nitrogen and oxygen atoms in total. The number of hydrogen-bond acceptors (Lipinski definition) is 4. The zero-order valence-corrected chi connectivity index (χ0v) is 24.6. The van der Waals surface area contributed by atoms with Gasteiger partial charge in [0.05, 0.1) is 31.0 Å². The zero-order chi connectivity index (χ0) is 28.9. The number of carbonyl (C=O) groups excluding carboxylic acids is 1. The Bertz CT molecular complexity index is 1590. The number of nitrogens with one attached hydrogen (secondary N) is 2. The molecule has 0 saturated heterocycles. The van der Waals surface area contributed by atoms with E-state index in [0.717, 1.165) is 28.1 Å². The summed E-state index contributed by atoms with van der Waals surface area (Å²) in [5.74, 6) is 0.967. The normalized spacial score (nSPS) is 14.9. The number of carbonyl (C=O) groups is 1. The number of amides is 1. The lowest BCUT2D eigenvalue weighted by molar-refractivity contribution is -0.113. The largest absolute Gasteiger partial charge is 0.495 e. The molecular formula is C33H30ClN3O3S. The number of rotatable bonds is 8. The van der Waals surface area contributed by atoms with Crippen molar-refractivity contribution in [2.75, 3.05) is 23.9 Å². The van der Waals surface area contributed by atoms with Crippen LogP contribution in [0.15, 0.2) is 108 Å². The Hall–Kier alpha value is -4.33.